The van der Waals surface area contributed by atoms with E-state index in [-0.39, 0.29) is 0 Å². The molecular formula is C22H38N2. The van der Waals surface area contributed by atoms with E-state index < -0.39 is 0 Å². The number of aryl methyl sites for hydroxylation is 1. The zero-order chi connectivity index (χ0) is 19.0. The van der Waals surface area contributed by atoms with Crippen LogP contribution in [0.3, 0.4) is 0 Å². The summed E-state index contributed by atoms with van der Waals surface area (Å²) in [4.78, 5) is 8.66. The minimum absolute atomic E-state index is 0.813. The predicted molar refractivity (Wildman–Crippen MR) is 113 cm³/mol. The molecule has 0 heterocycles. The third-order valence-corrected chi connectivity index (χ3v) is 3.25. The molecule has 0 saturated carbocycles. The van der Waals surface area contributed by atoms with Crippen molar-refractivity contribution in [1.29, 1.82) is 0 Å². The summed E-state index contributed by atoms with van der Waals surface area (Å²) < 4.78 is 0. The summed E-state index contributed by atoms with van der Waals surface area (Å²) in [6, 6.07) is 8.50. The molecule has 0 aliphatic carbocycles. The van der Waals surface area contributed by atoms with E-state index in [4.69, 9.17) is 0 Å². The summed E-state index contributed by atoms with van der Waals surface area (Å²) >= 11 is 0. The Kier molecular flexibility index (Phi) is 16.5. The van der Waals surface area contributed by atoms with Crippen molar-refractivity contribution in [3.8, 4) is 0 Å². The highest BCUT2D eigenvalue weighted by Crippen LogP contribution is 2.06. The van der Waals surface area contributed by atoms with Gasteiger partial charge in [-0.05, 0) is 26.3 Å². The number of aliphatic imine (C=N–C) groups is 2. The van der Waals surface area contributed by atoms with Crippen molar-refractivity contribution >= 4 is 11.4 Å². The summed E-state index contributed by atoms with van der Waals surface area (Å²) in [6.07, 6.45) is 4.90. The van der Waals surface area contributed by atoms with E-state index in [0.717, 1.165) is 23.5 Å². The second-order valence-electron chi connectivity index (χ2n) is 5.62. The first kappa shape index (κ1) is 24.6. The van der Waals surface area contributed by atoms with Crippen molar-refractivity contribution in [2.24, 2.45) is 9.98 Å². The van der Waals surface area contributed by atoms with Crippen LogP contribution in [0.2, 0.25) is 0 Å². The lowest BCUT2D eigenvalue weighted by Crippen LogP contribution is -2.14. The smallest absolute Gasteiger partial charge is 0.0600 e. The molecule has 0 N–H and O–H groups in total. The molecule has 0 aliphatic rings. The van der Waals surface area contributed by atoms with Crippen molar-refractivity contribution in [3.05, 3.63) is 47.7 Å². The first-order valence-electron chi connectivity index (χ1n) is 9.16. The van der Waals surface area contributed by atoms with Gasteiger partial charge in [0.15, 0.2) is 0 Å². The Morgan fingerprint density at radius 2 is 1.50 bits per heavy atom. The van der Waals surface area contributed by atoms with Crippen LogP contribution < -0.4 is 0 Å². The monoisotopic (exact) mass is 330 g/mol. The Morgan fingerprint density at radius 1 is 1.00 bits per heavy atom. The van der Waals surface area contributed by atoms with E-state index >= 15 is 0 Å². The fourth-order valence-electron chi connectivity index (χ4n) is 1.97. The molecule has 0 fully saturated rings. The predicted octanol–water partition coefficient (Wildman–Crippen LogP) is 6.83. The molecule has 1 rings (SSSR count). The quantitative estimate of drug-likeness (QED) is 0.511. The van der Waals surface area contributed by atoms with Gasteiger partial charge in [-0.3, -0.25) is 9.98 Å². The van der Waals surface area contributed by atoms with E-state index in [9.17, 15) is 0 Å². The fourth-order valence-corrected chi connectivity index (χ4v) is 1.97. The largest absolute Gasteiger partial charge is 0.291 e. The van der Waals surface area contributed by atoms with Crippen LogP contribution in [0.25, 0.3) is 0 Å². The van der Waals surface area contributed by atoms with Crippen LogP contribution in [0.4, 0.5) is 0 Å². The highest BCUT2D eigenvalue weighted by atomic mass is 14.8. The topological polar surface area (TPSA) is 24.7 Å². The maximum atomic E-state index is 4.35. The number of allylic oxidation sites excluding steroid dienone is 1. The van der Waals surface area contributed by atoms with E-state index in [2.05, 4.69) is 61.6 Å². The van der Waals surface area contributed by atoms with E-state index in [0.29, 0.717) is 0 Å². The number of rotatable bonds is 6. The van der Waals surface area contributed by atoms with E-state index in [1.807, 2.05) is 27.7 Å². The standard InChI is InChI=1S/C15H20N2.C5H12.C2H6/c1-11(2)17-13(4)15(16-5)10-14-8-6-12(3)7-9-14;1-3-5-4-2;1-2/h6-9H,1,10H2,2-5H3;3-5H2,1-2H3;1-2H3. The SMILES string of the molecule is C=C(C)N=C(C)C(Cc1ccc(C)cc1)=NC.CC.CCCCC. The van der Waals surface area contributed by atoms with Crippen LogP contribution in [-0.4, -0.2) is 18.5 Å². The van der Waals surface area contributed by atoms with Crippen LogP contribution in [0.15, 0.2) is 46.5 Å². The second-order valence-corrected chi connectivity index (χ2v) is 5.62. The lowest BCUT2D eigenvalue weighted by atomic mass is 10.0. The van der Waals surface area contributed by atoms with Gasteiger partial charge in [0.05, 0.1) is 11.4 Å². The molecule has 1 aromatic carbocycles. The highest BCUT2D eigenvalue weighted by molar-refractivity contribution is 6.42. The maximum Gasteiger partial charge on any atom is 0.0600 e. The van der Waals surface area contributed by atoms with Gasteiger partial charge in [-0.15, -0.1) is 0 Å². The number of hydrogen-bond acceptors (Lipinski definition) is 2. The average molecular weight is 331 g/mol. The zero-order valence-corrected chi connectivity index (χ0v) is 17.2. The molecule has 2 heteroatoms. The highest BCUT2D eigenvalue weighted by Gasteiger charge is 2.04. The second kappa shape index (κ2) is 16.2. The molecule has 136 valence electrons. The molecule has 0 amide bonds. The van der Waals surface area contributed by atoms with Gasteiger partial charge < -0.3 is 0 Å². The number of hydrogen-bond donors (Lipinski definition) is 0. The van der Waals surface area contributed by atoms with E-state index in [1.165, 1.54) is 30.4 Å². The molecule has 0 atom stereocenters. The Labute approximate surface area is 150 Å². The van der Waals surface area contributed by atoms with Gasteiger partial charge in [-0.25, -0.2) is 0 Å². The van der Waals surface area contributed by atoms with Gasteiger partial charge in [0.2, 0.25) is 0 Å². The van der Waals surface area contributed by atoms with Gasteiger partial charge in [-0.1, -0.05) is 83.4 Å². The number of nitrogens with zero attached hydrogens (tertiary/aromatic N) is 2. The van der Waals surface area contributed by atoms with Crippen LogP contribution in [-0.2, 0) is 6.42 Å². The van der Waals surface area contributed by atoms with Crippen molar-refractivity contribution < 1.29 is 0 Å². The van der Waals surface area contributed by atoms with Crippen molar-refractivity contribution in [1.82, 2.24) is 0 Å². The van der Waals surface area contributed by atoms with Gasteiger partial charge >= 0.3 is 0 Å². The van der Waals surface area contributed by atoms with Gasteiger partial charge in [0.25, 0.3) is 0 Å². The maximum absolute atomic E-state index is 4.35. The molecule has 1 aromatic rings. The molecule has 0 radical (unpaired) electrons. The molecule has 24 heavy (non-hydrogen) atoms. The molecule has 0 bridgehead atoms. The molecule has 0 aromatic heterocycles. The molecular weight excluding hydrogens is 292 g/mol. The summed E-state index contributed by atoms with van der Waals surface area (Å²) in [7, 11) is 1.81. The lowest BCUT2D eigenvalue weighted by molar-refractivity contribution is 0.772. The van der Waals surface area contributed by atoms with Crippen LogP contribution in [0.5, 0.6) is 0 Å². The summed E-state index contributed by atoms with van der Waals surface area (Å²) in [5.41, 5.74) is 5.30. The minimum atomic E-state index is 0.813. The molecule has 2 nitrogen and oxygen atoms in total. The van der Waals surface area contributed by atoms with E-state index in [1.54, 1.807) is 7.05 Å². The summed E-state index contributed by atoms with van der Waals surface area (Å²) in [5, 5.41) is 0. The zero-order valence-electron chi connectivity index (χ0n) is 17.2. The van der Waals surface area contributed by atoms with Gasteiger partial charge in [0.1, 0.15) is 0 Å². The third-order valence-electron chi connectivity index (χ3n) is 3.25. The Hall–Kier alpha value is -1.70. The Morgan fingerprint density at radius 3 is 1.83 bits per heavy atom. The Balaban J connectivity index is 0. The summed E-state index contributed by atoms with van der Waals surface area (Å²) in [6.45, 7) is 18.2. The van der Waals surface area contributed by atoms with Crippen molar-refractivity contribution in [2.75, 3.05) is 7.05 Å². The van der Waals surface area contributed by atoms with Gasteiger partial charge in [0, 0.05) is 19.2 Å². The minimum Gasteiger partial charge on any atom is -0.291 e. The molecule has 0 aliphatic heterocycles. The number of unbranched alkanes of at least 4 members (excludes halogenated alkanes) is 2. The average Bonchev–Trinajstić information content (AvgIpc) is 2.56. The first-order chi connectivity index (χ1) is 11.4. The third kappa shape index (κ3) is 12.8. The lowest BCUT2D eigenvalue weighted by Gasteiger charge is -2.06. The van der Waals surface area contributed by atoms with Gasteiger partial charge in [-0.2, -0.15) is 0 Å². The first-order valence-corrected chi connectivity index (χ1v) is 9.16. The van der Waals surface area contributed by atoms with Crippen LogP contribution >= 0.6 is 0 Å². The van der Waals surface area contributed by atoms with Crippen molar-refractivity contribution in [3.63, 3.8) is 0 Å². The fraction of sp³-hybridized carbons (Fsp3) is 0.545. The normalized spacial score (nSPS) is 11.0. The number of benzene rings is 1. The molecule has 0 unspecified atom stereocenters. The summed E-state index contributed by atoms with van der Waals surface area (Å²) in [5.74, 6) is 0. The molecule has 0 saturated heterocycles. The van der Waals surface area contributed by atoms with Crippen molar-refractivity contribution in [2.45, 2.75) is 74.1 Å². The molecule has 0 spiro atoms. The van der Waals surface area contributed by atoms with Crippen LogP contribution in [0, 0.1) is 6.92 Å². The Bertz CT molecular complexity index is 491. The van der Waals surface area contributed by atoms with Crippen LogP contribution in [0.1, 0.15) is 71.9 Å².